The molecule has 28 heavy (non-hydrogen) atoms. The van der Waals surface area contributed by atoms with Gasteiger partial charge in [-0.25, -0.2) is 4.98 Å². The lowest BCUT2D eigenvalue weighted by Gasteiger charge is -2.02. The number of fused-ring (bicyclic) bond motifs is 1. The second-order valence-electron chi connectivity index (χ2n) is 6.59. The van der Waals surface area contributed by atoms with Gasteiger partial charge in [0.05, 0.1) is 11.3 Å². The highest BCUT2D eigenvalue weighted by Crippen LogP contribution is 2.34. The first-order valence-electron chi connectivity index (χ1n) is 8.64. The van der Waals surface area contributed by atoms with E-state index in [9.17, 15) is 10.2 Å². The number of hydrogen-bond acceptors (Lipinski definition) is 5. The minimum absolute atomic E-state index is 0.0671. The number of halogens is 1. The van der Waals surface area contributed by atoms with Gasteiger partial charge in [-0.3, -0.25) is 4.99 Å². The highest BCUT2D eigenvalue weighted by Gasteiger charge is 2.14. The third-order valence-electron chi connectivity index (χ3n) is 4.55. The Morgan fingerprint density at radius 2 is 1.79 bits per heavy atom. The maximum Gasteiger partial charge on any atom is 0.231 e. The Bertz CT molecular complexity index is 1190. The number of aromatic nitrogens is 1. The van der Waals surface area contributed by atoms with Crippen molar-refractivity contribution in [2.75, 3.05) is 0 Å². The minimum Gasteiger partial charge on any atom is -0.508 e. The summed E-state index contributed by atoms with van der Waals surface area (Å²) in [5, 5.41) is 19.9. The molecule has 0 amide bonds. The molecule has 0 atom stereocenters. The lowest BCUT2D eigenvalue weighted by molar-refractivity contribution is 0.474. The summed E-state index contributed by atoms with van der Waals surface area (Å²) in [6, 6.07) is 13.8. The number of nitrogens with zero attached hydrogens (tertiary/aromatic N) is 2. The molecule has 0 spiro atoms. The van der Waals surface area contributed by atoms with Crippen molar-refractivity contribution in [3.05, 3.63) is 69.7 Å². The monoisotopic (exact) mass is 436 g/mol. The average Bonchev–Trinajstić information content (AvgIpc) is 3.06. The summed E-state index contributed by atoms with van der Waals surface area (Å²) in [5.74, 6) is 0.568. The summed E-state index contributed by atoms with van der Waals surface area (Å²) in [6.45, 7) is 4.04. The molecule has 0 aliphatic rings. The lowest BCUT2D eigenvalue weighted by atomic mass is 10.1. The van der Waals surface area contributed by atoms with Gasteiger partial charge in [0.25, 0.3) is 0 Å². The zero-order valence-corrected chi connectivity index (χ0v) is 16.9. The van der Waals surface area contributed by atoms with Gasteiger partial charge in [0, 0.05) is 16.3 Å². The van der Waals surface area contributed by atoms with E-state index in [4.69, 9.17) is 4.42 Å². The van der Waals surface area contributed by atoms with E-state index in [1.54, 1.807) is 42.6 Å². The van der Waals surface area contributed by atoms with Gasteiger partial charge in [-0.2, -0.15) is 0 Å². The fourth-order valence-corrected chi connectivity index (χ4v) is 3.19. The summed E-state index contributed by atoms with van der Waals surface area (Å²) in [5.41, 5.74) is 5.50. The summed E-state index contributed by atoms with van der Waals surface area (Å²) in [4.78, 5) is 8.95. The highest BCUT2D eigenvalue weighted by molar-refractivity contribution is 9.10. The Balaban J connectivity index is 1.73. The zero-order chi connectivity index (χ0) is 19.8. The highest BCUT2D eigenvalue weighted by atomic mass is 79.9. The van der Waals surface area contributed by atoms with Crippen LogP contribution in [-0.2, 0) is 0 Å². The van der Waals surface area contributed by atoms with E-state index in [0.717, 1.165) is 26.7 Å². The molecule has 0 radical (unpaired) electrons. The van der Waals surface area contributed by atoms with Crippen LogP contribution in [0.15, 0.2) is 62.4 Å². The third kappa shape index (κ3) is 3.51. The number of aromatic hydroxyl groups is 2. The number of phenolic OH excluding ortho intramolecular Hbond substituents is 2. The quantitative estimate of drug-likeness (QED) is 0.383. The predicted octanol–water partition coefficient (Wildman–Crippen LogP) is 6.04. The van der Waals surface area contributed by atoms with E-state index >= 15 is 0 Å². The Kier molecular flexibility index (Phi) is 4.65. The normalized spacial score (nSPS) is 11.5. The molecule has 0 bridgehead atoms. The summed E-state index contributed by atoms with van der Waals surface area (Å²) < 4.78 is 6.68. The molecule has 0 aliphatic carbocycles. The molecule has 4 rings (SSSR count). The molecule has 2 N–H and O–H groups in total. The van der Waals surface area contributed by atoms with Crippen LogP contribution >= 0.6 is 15.9 Å². The van der Waals surface area contributed by atoms with E-state index in [-0.39, 0.29) is 11.5 Å². The van der Waals surface area contributed by atoms with Gasteiger partial charge in [-0.1, -0.05) is 15.9 Å². The Hall–Kier alpha value is -3.12. The molecular weight excluding hydrogens is 420 g/mol. The molecule has 5 nitrogen and oxygen atoms in total. The van der Waals surface area contributed by atoms with E-state index < -0.39 is 0 Å². The van der Waals surface area contributed by atoms with Gasteiger partial charge >= 0.3 is 0 Å². The molecule has 0 saturated heterocycles. The van der Waals surface area contributed by atoms with Crippen molar-refractivity contribution in [3.8, 4) is 23.0 Å². The maximum atomic E-state index is 10.3. The number of rotatable bonds is 3. The van der Waals surface area contributed by atoms with Crippen molar-refractivity contribution >= 4 is 38.9 Å². The molecule has 140 valence electrons. The van der Waals surface area contributed by atoms with Crippen molar-refractivity contribution in [1.82, 2.24) is 4.98 Å². The first kappa shape index (κ1) is 18.3. The number of hydrogen-bond donors (Lipinski definition) is 2. The van der Waals surface area contributed by atoms with Crippen LogP contribution in [0.1, 0.15) is 16.7 Å². The summed E-state index contributed by atoms with van der Waals surface area (Å²) in [6.07, 6.45) is 1.64. The van der Waals surface area contributed by atoms with Crippen LogP contribution < -0.4 is 0 Å². The summed E-state index contributed by atoms with van der Waals surface area (Å²) in [7, 11) is 0. The van der Waals surface area contributed by atoms with Crippen LogP contribution in [0.5, 0.6) is 11.5 Å². The molecule has 4 aromatic rings. The standard InChI is InChI=1S/C22H17BrN2O3/c1-12-7-19-21(8-13(12)2)28-22(25-19)17-10-15(3-6-20(17)27)24-11-14-9-16(26)4-5-18(14)23/h3-11,26-27H,1-2H3. The molecule has 1 aromatic heterocycles. The number of phenols is 2. The smallest absolute Gasteiger partial charge is 0.231 e. The lowest BCUT2D eigenvalue weighted by Crippen LogP contribution is -1.83. The second-order valence-corrected chi connectivity index (χ2v) is 7.44. The Morgan fingerprint density at radius 1 is 1.00 bits per heavy atom. The zero-order valence-electron chi connectivity index (χ0n) is 15.3. The van der Waals surface area contributed by atoms with Gasteiger partial charge < -0.3 is 14.6 Å². The molecule has 0 unspecified atom stereocenters. The van der Waals surface area contributed by atoms with Crippen molar-refractivity contribution in [1.29, 1.82) is 0 Å². The van der Waals surface area contributed by atoms with Crippen LogP contribution in [0, 0.1) is 13.8 Å². The second kappa shape index (κ2) is 7.13. The van der Waals surface area contributed by atoms with Crippen LogP contribution in [0.3, 0.4) is 0 Å². The number of benzene rings is 3. The Labute approximate surface area is 170 Å². The SMILES string of the molecule is Cc1cc2nc(-c3cc(N=Cc4cc(O)ccc4Br)ccc3O)oc2cc1C. The molecular formula is C22H17BrN2O3. The molecule has 3 aromatic carbocycles. The molecule has 6 heteroatoms. The Morgan fingerprint density at radius 3 is 2.61 bits per heavy atom. The number of oxazole rings is 1. The summed E-state index contributed by atoms with van der Waals surface area (Å²) >= 11 is 3.43. The van der Waals surface area contributed by atoms with Gasteiger partial charge in [0.2, 0.25) is 5.89 Å². The molecule has 0 aliphatic heterocycles. The fourth-order valence-electron chi connectivity index (χ4n) is 2.84. The van der Waals surface area contributed by atoms with Gasteiger partial charge in [-0.05, 0) is 73.5 Å². The molecule has 0 fully saturated rings. The largest absolute Gasteiger partial charge is 0.508 e. The van der Waals surface area contributed by atoms with E-state index in [2.05, 4.69) is 25.9 Å². The van der Waals surface area contributed by atoms with Crippen molar-refractivity contribution in [3.63, 3.8) is 0 Å². The van der Waals surface area contributed by atoms with Crippen molar-refractivity contribution in [2.24, 2.45) is 4.99 Å². The minimum atomic E-state index is 0.0671. The van der Waals surface area contributed by atoms with Crippen LogP contribution in [0.4, 0.5) is 5.69 Å². The molecule has 1 heterocycles. The molecule has 0 saturated carbocycles. The van der Waals surface area contributed by atoms with E-state index in [1.165, 1.54) is 0 Å². The number of aliphatic imine (C=N–C) groups is 1. The average molecular weight is 437 g/mol. The van der Waals surface area contributed by atoms with E-state index in [1.807, 2.05) is 26.0 Å². The van der Waals surface area contributed by atoms with Crippen LogP contribution in [0.25, 0.3) is 22.6 Å². The van der Waals surface area contributed by atoms with Crippen LogP contribution in [0.2, 0.25) is 0 Å². The van der Waals surface area contributed by atoms with Gasteiger partial charge in [0.1, 0.15) is 17.0 Å². The predicted molar refractivity (Wildman–Crippen MR) is 114 cm³/mol. The maximum absolute atomic E-state index is 10.3. The van der Waals surface area contributed by atoms with Gasteiger partial charge in [-0.15, -0.1) is 0 Å². The topological polar surface area (TPSA) is 78.9 Å². The number of aryl methyl sites for hydroxylation is 2. The first-order chi connectivity index (χ1) is 13.4. The van der Waals surface area contributed by atoms with Crippen molar-refractivity contribution in [2.45, 2.75) is 13.8 Å². The fraction of sp³-hybridized carbons (Fsp3) is 0.0909. The first-order valence-corrected chi connectivity index (χ1v) is 9.44. The van der Waals surface area contributed by atoms with Crippen LogP contribution in [-0.4, -0.2) is 21.4 Å². The van der Waals surface area contributed by atoms with Gasteiger partial charge in [0.15, 0.2) is 5.58 Å². The third-order valence-corrected chi connectivity index (χ3v) is 5.27. The van der Waals surface area contributed by atoms with Crippen molar-refractivity contribution < 1.29 is 14.6 Å². The van der Waals surface area contributed by atoms with E-state index in [0.29, 0.717) is 22.7 Å².